The number of nitrogens with one attached hydrogen (secondary N) is 1. The van der Waals surface area contributed by atoms with E-state index in [1.807, 2.05) is 30.3 Å². The Balaban J connectivity index is 2.40. The van der Waals surface area contributed by atoms with E-state index in [2.05, 4.69) is 20.7 Å². The van der Waals surface area contributed by atoms with Crippen molar-refractivity contribution in [3.63, 3.8) is 0 Å². The predicted molar refractivity (Wildman–Crippen MR) is 76.4 cm³/mol. The van der Waals surface area contributed by atoms with Crippen LogP contribution in [-0.4, -0.2) is 34.4 Å². The van der Waals surface area contributed by atoms with Crippen molar-refractivity contribution in [1.29, 1.82) is 0 Å². The molecule has 1 aromatic rings. The third-order valence-electron chi connectivity index (χ3n) is 2.41. The molecule has 6 heteroatoms. The molecule has 1 atom stereocenters. The maximum Gasteiger partial charge on any atom is 0.211 e. The van der Waals surface area contributed by atoms with Crippen molar-refractivity contribution in [3.05, 3.63) is 35.9 Å². The molecule has 0 heterocycles. The highest BCUT2D eigenvalue weighted by molar-refractivity contribution is 9.09. The fraction of sp³-hybridized carbons (Fsp3) is 0.500. The van der Waals surface area contributed by atoms with Crippen molar-refractivity contribution in [1.82, 2.24) is 4.72 Å². The van der Waals surface area contributed by atoms with E-state index in [0.29, 0.717) is 19.6 Å². The van der Waals surface area contributed by atoms with Gasteiger partial charge >= 0.3 is 0 Å². The Morgan fingerprint density at radius 3 is 2.61 bits per heavy atom. The van der Waals surface area contributed by atoms with Gasteiger partial charge in [0.2, 0.25) is 10.0 Å². The molecule has 0 bridgehead atoms. The Labute approximate surface area is 117 Å². The van der Waals surface area contributed by atoms with E-state index in [4.69, 9.17) is 4.74 Å². The highest BCUT2D eigenvalue weighted by atomic mass is 79.9. The molecule has 0 radical (unpaired) electrons. The molecule has 18 heavy (non-hydrogen) atoms. The van der Waals surface area contributed by atoms with Gasteiger partial charge in [0.05, 0.1) is 10.6 Å². The quantitative estimate of drug-likeness (QED) is 0.584. The minimum Gasteiger partial charge on any atom is -0.385 e. The summed E-state index contributed by atoms with van der Waals surface area (Å²) in [4.78, 5) is -0.0177. The predicted octanol–water partition coefficient (Wildman–Crippen LogP) is 2.08. The molecule has 1 unspecified atom stereocenters. The maximum atomic E-state index is 11.7. The lowest BCUT2D eigenvalue weighted by atomic mass is 10.2. The highest BCUT2D eigenvalue weighted by Gasteiger charge is 2.13. The second-order valence-electron chi connectivity index (χ2n) is 3.89. The van der Waals surface area contributed by atoms with Gasteiger partial charge in [0.1, 0.15) is 0 Å². The van der Waals surface area contributed by atoms with Crippen LogP contribution >= 0.6 is 15.9 Å². The Morgan fingerprint density at radius 2 is 2.00 bits per heavy atom. The van der Waals surface area contributed by atoms with E-state index in [1.165, 1.54) is 0 Å². The van der Waals surface area contributed by atoms with Crippen LogP contribution in [0.1, 0.15) is 16.8 Å². The fourth-order valence-corrected chi connectivity index (χ4v) is 3.19. The molecule has 0 fully saturated rings. The Bertz CT molecular complexity index is 436. The maximum absolute atomic E-state index is 11.7. The summed E-state index contributed by atoms with van der Waals surface area (Å²) in [6.45, 7) is 0.802. The van der Waals surface area contributed by atoms with Gasteiger partial charge in [-0.05, 0) is 12.0 Å². The average molecular weight is 336 g/mol. The first-order valence-corrected chi connectivity index (χ1v) is 8.27. The van der Waals surface area contributed by atoms with Crippen molar-refractivity contribution < 1.29 is 13.2 Å². The van der Waals surface area contributed by atoms with Crippen LogP contribution in [0.5, 0.6) is 0 Å². The first-order chi connectivity index (χ1) is 8.55. The molecule has 0 amide bonds. The molecule has 0 aliphatic heterocycles. The second kappa shape index (κ2) is 7.89. The number of hydrogen-bond donors (Lipinski definition) is 1. The second-order valence-corrected chi connectivity index (χ2v) is 6.92. The van der Waals surface area contributed by atoms with E-state index >= 15 is 0 Å². The number of ether oxygens (including phenoxy) is 1. The molecule has 0 spiro atoms. The molecule has 1 aromatic carbocycles. The van der Waals surface area contributed by atoms with Crippen LogP contribution in [0.3, 0.4) is 0 Å². The van der Waals surface area contributed by atoms with Crippen LogP contribution in [0.25, 0.3) is 0 Å². The number of sulfonamides is 1. The standard InChI is InChI=1S/C12H18BrNO3S/c1-17-8-5-9-18(15,16)14-10-12(13)11-6-3-2-4-7-11/h2-4,6-7,12,14H,5,8-10H2,1H3. The lowest BCUT2D eigenvalue weighted by Gasteiger charge is -2.11. The van der Waals surface area contributed by atoms with Gasteiger partial charge in [-0.3, -0.25) is 0 Å². The van der Waals surface area contributed by atoms with Crippen LogP contribution in [0, 0.1) is 0 Å². The van der Waals surface area contributed by atoms with Crippen LogP contribution in [0.2, 0.25) is 0 Å². The minimum atomic E-state index is -3.22. The molecule has 1 rings (SSSR count). The van der Waals surface area contributed by atoms with Gasteiger partial charge in [0.25, 0.3) is 0 Å². The van der Waals surface area contributed by atoms with Crippen LogP contribution in [0.15, 0.2) is 30.3 Å². The fourth-order valence-electron chi connectivity index (χ4n) is 1.45. The lowest BCUT2D eigenvalue weighted by molar-refractivity contribution is 0.199. The van der Waals surface area contributed by atoms with Crippen molar-refractivity contribution >= 4 is 26.0 Å². The van der Waals surface area contributed by atoms with E-state index in [0.717, 1.165) is 5.56 Å². The summed E-state index contributed by atoms with van der Waals surface area (Å²) in [7, 11) is -1.66. The number of rotatable bonds is 8. The molecular formula is C12H18BrNO3S. The Hall–Kier alpha value is -0.430. The summed E-state index contributed by atoms with van der Waals surface area (Å²) < 4.78 is 30.7. The van der Waals surface area contributed by atoms with Crippen LogP contribution in [-0.2, 0) is 14.8 Å². The summed E-state index contributed by atoms with van der Waals surface area (Å²) in [5, 5.41) is 0. The zero-order chi connectivity index (χ0) is 13.4. The van der Waals surface area contributed by atoms with Gasteiger partial charge in [0, 0.05) is 20.3 Å². The molecule has 0 aliphatic carbocycles. The van der Waals surface area contributed by atoms with Gasteiger partial charge in [0.15, 0.2) is 0 Å². The highest BCUT2D eigenvalue weighted by Crippen LogP contribution is 2.21. The van der Waals surface area contributed by atoms with E-state index in [1.54, 1.807) is 7.11 Å². The largest absolute Gasteiger partial charge is 0.385 e. The number of benzene rings is 1. The van der Waals surface area contributed by atoms with Crippen LogP contribution < -0.4 is 4.72 Å². The lowest BCUT2D eigenvalue weighted by Crippen LogP contribution is -2.29. The zero-order valence-electron chi connectivity index (χ0n) is 10.3. The van der Waals surface area contributed by atoms with Crippen molar-refractivity contribution in [3.8, 4) is 0 Å². The molecule has 0 aliphatic rings. The average Bonchev–Trinajstić information content (AvgIpc) is 2.37. The Morgan fingerprint density at radius 1 is 1.33 bits per heavy atom. The first kappa shape index (κ1) is 15.6. The van der Waals surface area contributed by atoms with Gasteiger partial charge in [-0.2, -0.15) is 0 Å². The Kier molecular flexibility index (Phi) is 6.85. The summed E-state index contributed by atoms with van der Waals surface area (Å²) in [5.74, 6) is 0.0926. The molecular weight excluding hydrogens is 318 g/mol. The van der Waals surface area contributed by atoms with Gasteiger partial charge in [-0.25, -0.2) is 13.1 Å². The minimum absolute atomic E-state index is 0.0177. The molecule has 1 N–H and O–H groups in total. The molecule has 0 saturated carbocycles. The third kappa shape index (κ3) is 5.95. The number of halogens is 1. The monoisotopic (exact) mass is 335 g/mol. The number of alkyl halides is 1. The van der Waals surface area contributed by atoms with Crippen LogP contribution in [0.4, 0.5) is 0 Å². The van der Waals surface area contributed by atoms with E-state index < -0.39 is 10.0 Å². The van der Waals surface area contributed by atoms with Crippen molar-refractivity contribution in [2.24, 2.45) is 0 Å². The van der Waals surface area contributed by atoms with E-state index in [-0.39, 0.29) is 10.6 Å². The van der Waals surface area contributed by atoms with Crippen molar-refractivity contribution in [2.45, 2.75) is 11.2 Å². The molecule has 0 aromatic heterocycles. The zero-order valence-corrected chi connectivity index (χ0v) is 12.7. The molecule has 102 valence electrons. The SMILES string of the molecule is COCCCS(=O)(=O)NCC(Br)c1ccccc1. The smallest absolute Gasteiger partial charge is 0.211 e. The number of hydrogen-bond acceptors (Lipinski definition) is 3. The van der Waals surface area contributed by atoms with E-state index in [9.17, 15) is 8.42 Å². The summed E-state index contributed by atoms with van der Waals surface area (Å²) in [5.41, 5.74) is 1.05. The summed E-state index contributed by atoms with van der Waals surface area (Å²) in [6, 6.07) is 9.70. The van der Waals surface area contributed by atoms with Gasteiger partial charge in [-0.1, -0.05) is 46.3 Å². The first-order valence-electron chi connectivity index (χ1n) is 5.70. The van der Waals surface area contributed by atoms with Crippen molar-refractivity contribution in [2.75, 3.05) is 26.0 Å². The molecule has 4 nitrogen and oxygen atoms in total. The van der Waals surface area contributed by atoms with Gasteiger partial charge < -0.3 is 4.74 Å². The molecule has 0 saturated heterocycles. The van der Waals surface area contributed by atoms with Gasteiger partial charge in [-0.15, -0.1) is 0 Å². The summed E-state index contributed by atoms with van der Waals surface area (Å²) in [6.07, 6.45) is 0.504. The third-order valence-corrected chi connectivity index (χ3v) is 4.69. The summed E-state index contributed by atoms with van der Waals surface area (Å²) >= 11 is 3.47. The number of methoxy groups -OCH3 is 1. The normalized spacial score (nSPS) is 13.4. The topological polar surface area (TPSA) is 55.4 Å².